The Morgan fingerprint density at radius 3 is 1.66 bits per heavy atom. The minimum absolute atomic E-state index is 0.618. The second kappa shape index (κ2) is 13.0. The predicted octanol–water partition coefficient (Wildman–Crippen LogP) is 13.2. The number of benzene rings is 8. The minimum Gasteiger partial charge on any atom is -0.455 e. The van der Waals surface area contributed by atoms with Gasteiger partial charge in [0.05, 0.1) is 16.4 Å². The van der Waals surface area contributed by atoms with E-state index in [1.54, 1.807) is 0 Å². The Morgan fingerprint density at radius 1 is 0.357 bits per heavy atom. The van der Waals surface area contributed by atoms with Crippen molar-refractivity contribution < 1.29 is 4.42 Å². The molecule has 11 rings (SSSR count). The number of hydrogen-bond donors (Lipinski definition) is 0. The third-order valence-electron chi connectivity index (χ3n) is 10.7. The van der Waals surface area contributed by atoms with Crippen LogP contribution in [-0.2, 0) is 0 Å². The zero-order chi connectivity index (χ0) is 37.0. The molecule has 0 aliphatic carbocycles. The Balaban J connectivity index is 1.12. The summed E-state index contributed by atoms with van der Waals surface area (Å²) in [5.41, 5.74) is 12.3. The van der Waals surface area contributed by atoms with Gasteiger partial charge in [-0.05, 0) is 64.7 Å². The van der Waals surface area contributed by atoms with Crippen LogP contribution < -0.4 is 0 Å². The van der Waals surface area contributed by atoms with E-state index in [-0.39, 0.29) is 0 Å². The molecular formula is C51H32N4O. The van der Waals surface area contributed by atoms with Crippen LogP contribution in [0.3, 0.4) is 0 Å². The van der Waals surface area contributed by atoms with Gasteiger partial charge in [0.2, 0.25) is 0 Å². The number of nitrogens with zero attached hydrogens (tertiary/aromatic N) is 4. The summed E-state index contributed by atoms with van der Waals surface area (Å²) in [5.74, 6) is 1.89. The fourth-order valence-corrected chi connectivity index (χ4v) is 8.05. The van der Waals surface area contributed by atoms with Crippen LogP contribution >= 0.6 is 0 Å². The molecule has 0 amide bonds. The molecule has 0 saturated heterocycles. The quantitative estimate of drug-likeness (QED) is 0.172. The second-order valence-electron chi connectivity index (χ2n) is 14.0. The highest BCUT2D eigenvalue weighted by Crippen LogP contribution is 2.42. The normalized spacial score (nSPS) is 11.6. The SMILES string of the molecule is c1ccc(-c2nc(-c3ccccc3)nc(-c3ccc(-c4ccccc4)c(-c4cccc(-n5c6ccccc6c6c7oc8ccccc8c7ccc65)c4)c3)n2)cc1. The topological polar surface area (TPSA) is 56.7 Å². The lowest BCUT2D eigenvalue weighted by Crippen LogP contribution is -2.00. The maximum Gasteiger partial charge on any atom is 0.164 e. The highest BCUT2D eigenvalue weighted by Gasteiger charge is 2.20. The van der Waals surface area contributed by atoms with Crippen molar-refractivity contribution in [3.8, 4) is 62.1 Å². The van der Waals surface area contributed by atoms with Gasteiger partial charge in [-0.1, -0.05) is 152 Å². The molecule has 0 bridgehead atoms. The van der Waals surface area contributed by atoms with Crippen LogP contribution in [0.5, 0.6) is 0 Å². The summed E-state index contributed by atoms with van der Waals surface area (Å²) in [4.78, 5) is 15.1. The molecule has 3 heterocycles. The molecule has 0 atom stereocenters. The minimum atomic E-state index is 0.618. The first-order valence-electron chi connectivity index (χ1n) is 18.8. The van der Waals surface area contributed by atoms with E-state index in [9.17, 15) is 0 Å². The molecule has 56 heavy (non-hydrogen) atoms. The van der Waals surface area contributed by atoms with E-state index in [4.69, 9.17) is 19.4 Å². The van der Waals surface area contributed by atoms with Gasteiger partial charge in [0, 0.05) is 38.5 Å². The lowest BCUT2D eigenvalue weighted by Gasteiger charge is -2.15. The lowest BCUT2D eigenvalue weighted by molar-refractivity contribution is 0.673. The van der Waals surface area contributed by atoms with Crippen LogP contribution in [0.15, 0.2) is 199 Å². The largest absolute Gasteiger partial charge is 0.455 e. The summed E-state index contributed by atoms with van der Waals surface area (Å²) in [5, 5.41) is 4.52. The molecule has 0 aliphatic heterocycles. The van der Waals surface area contributed by atoms with Crippen LogP contribution in [-0.4, -0.2) is 19.5 Å². The van der Waals surface area contributed by atoms with E-state index >= 15 is 0 Å². The first-order chi connectivity index (χ1) is 27.8. The molecular weight excluding hydrogens is 685 g/mol. The number of rotatable bonds is 6. The molecule has 0 spiro atoms. The second-order valence-corrected chi connectivity index (χ2v) is 14.0. The van der Waals surface area contributed by atoms with E-state index in [1.165, 1.54) is 0 Å². The van der Waals surface area contributed by atoms with Gasteiger partial charge in [0.15, 0.2) is 17.5 Å². The van der Waals surface area contributed by atoms with Gasteiger partial charge in [-0.2, -0.15) is 0 Å². The Hall–Kier alpha value is -7.63. The molecule has 5 nitrogen and oxygen atoms in total. The van der Waals surface area contributed by atoms with Gasteiger partial charge >= 0.3 is 0 Å². The third kappa shape index (κ3) is 5.29. The van der Waals surface area contributed by atoms with Crippen molar-refractivity contribution in [3.63, 3.8) is 0 Å². The summed E-state index contributed by atoms with van der Waals surface area (Å²) >= 11 is 0. The standard InChI is InChI=1S/C51H32N4O/c1-4-15-33(16-5-1)39-28-27-37(51-53-49(34-17-6-2-7-18-34)52-50(54-51)35-19-8-3-9-20-35)32-43(39)36-21-14-22-38(31-36)55-44-25-12-10-24-42(44)47-45(55)30-29-41-40-23-11-13-26-46(40)56-48(41)47/h1-32H. The van der Waals surface area contributed by atoms with E-state index in [1.807, 2.05) is 72.8 Å². The molecule has 8 aromatic carbocycles. The molecule has 0 radical (unpaired) electrons. The van der Waals surface area contributed by atoms with Gasteiger partial charge in [-0.3, -0.25) is 0 Å². The number of furan rings is 1. The summed E-state index contributed by atoms with van der Waals surface area (Å²) in [7, 11) is 0. The fraction of sp³-hybridized carbons (Fsp3) is 0. The average Bonchev–Trinajstić information content (AvgIpc) is 3.83. The average molecular weight is 717 g/mol. The molecule has 0 aliphatic rings. The lowest BCUT2D eigenvalue weighted by atomic mass is 9.92. The molecule has 3 aromatic heterocycles. The van der Waals surface area contributed by atoms with Crippen molar-refractivity contribution in [2.75, 3.05) is 0 Å². The number of aromatic nitrogens is 4. The van der Waals surface area contributed by atoms with Crippen LogP contribution in [0.2, 0.25) is 0 Å². The molecule has 0 unspecified atom stereocenters. The molecule has 0 fully saturated rings. The molecule has 262 valence electrons. The zero-order valence-corrected chi connectivity index (χ0v) is 30.2. The van der Waals surface area contributed by atoms with Crippen molar-refractivity contribution in [2.24, 2.45) is 0 Å². The van der Waals surface area contributed by atoms with Crippen molar-refractivity contribution in [1.82, 2.24) is 19.5 Å². The Bertz CT molecular complexity index is 3180. The zero-order valence-electron chi connectivity index (χ0n) is 30.2. The number of para-hydroxylation sites is 2. The van der Waals surface area contributed by atoms with Gasteiger partial charge in [-0.25, -0.2) is 15.0 Å². The molecule has 0 saturated carbocycles. The van der Waals surface area contributed by atoms with E-state index in [2.05, 4.69) is 126 Å². The van der Waals surface area contributed by atoms with Crippen LogP contribution in [0.4, 0.5) is 0 Å². The van der Waals surface area contributed by atoms with Crippen molar-refractivity contribution in [2.45, 2.75) is 0 Å². The summed E-state index contributed by atoms with van der Waals surface area (Å²) in [6.45, 7) is 0. The summed E-state index contributed by atoms with van der Waals surface area (Å²) in [6, 6.07) is 67.5. The smallest absolute Gasteiger partial charge is 0.164 e. The highest BCUT2D eigenvalue weighted by molar-refractivity contribution is 6.23. The van der Waals surface area contributed by atoms with Crippen molar-refractivity contribution in [3.05, 3.63) is 194 Å². The van der Waals surface area contributed by atoms with Gasteiger partial charge in [0.1, 0.15) is 11.2 Å². The molecule has 11 aromatic rings. The highest BCUT2D eigenvalue weighted by atomic mass is 16.3. The number of hydrogen-bond acceptors (Lipinski definition) is 4. The van der Waals surface area contributed by atoms with Crippen LogP contribution in [0.25, 0.3) is 106 Å². The molecule has 5 heteroatoms. The number of fused-ring (bicyclic) bond motifs is 7. The Kier molecular flexibility index (Phi) is 7.42. The monoisotopic (exact) mass is 716 g/mol. The molecule has 0 N–H and O–H groups in total. The first-order valence-corrected chi connectivity index (χ1v) is 18.8. The van der Waals surface area contributed by atoms with Crippen molar-refractivity contribution in [1.29, 1.82) is 0 Å². The predicted molar refractivity (Wildman–Crippen MR) is 229 cm³/mol. The maximum atomic E-state index is 6.58. The van der Waals surface area contributed by atoms with Gasteiger partial charge in [0.25, 0.3) is 0 Å². The third-order valence-corrected chi connectivity index (χ3v) is 10.7. The van der Waals surface area contributed by atoms with Gasteiger partial charge < -0.3 is 8.98 Å². The van der Waals surface area contributed by atoms with Crippen LogP contribution in [0.1, 0.15) is 0 Å². The van der Waals surface area contributed by atoms with Crippen LogP contribution in [0, 0.1) is 0 Å². The van der Waals surface area contributed by atoms with E-state index < -0.39 is 0 Å². The van der Waals surface area contributed by atoms with Crippen molar-refractivity contribution >= 4 is 43.7 Å². The van der Waals surface area contributed by atoms with E-state index in [0.29, 0.717) is 17.5 Å². The maximum absolute atomic E-state index is 6.58. The summed E-state index contributed by atoms with van der Waals surface area (Å²) < 4.78 is 8.94. The fourth-order valence-electron chi connectivity index (χ4n) is 8.05. The summed E-state index contributed by atoms with van der Waals surface area (Å²) in [6.07, 6.45) is 0. The Morgan fingerprint density at radius 2 is 0.946 bits per heavy atom. The van der Waals surface area contributed by atoms with Gasteiger partial charge in [-0.15, -0.1) is 0 Å². The first kappa shape index (κ1) is 31.9. The van der Waals surface area contributed by atoms with E-state index in [0.717, 1.165) is 88.4 Å². The Labute approximate surface area is 322 Å².